The smallest absolute Gasteiger partial charge is 0.328 e. The summed E-state index contributed by atoms with van der Waals surface area (Å²) in [6.45, 7) is 5.49. The lowest BCUT2D eigenvalue weighted by Gasteiger charge is -2.24. The van der Waals surface area contributed by atoms with Crippen LogP contribution in [0, 0.1) is 0 Å². The van der Waals surface area contributed by atoms with E-state index in [1.807, 2.05) is 11.8 Å². The molecule has 8 heteroatoms. The first-order chi connectivity index (χ1) is 25.6. The van der Waals surface area contributed by atoms with Gasteiger partial charge in [0.2, 0.25) is 5.91 Å². The Morgan fingerprint density at radius 2 is 0.943 bits per heavy atom. The molecule has 318 valence electrons. The second kappa shape index (κ2) is 38.8. The van der Waals surface area contributed by atoms with Gasteiger partial charge in [-0.3, -0.25) is 9.36 Å². The SMILES string of the molecule is CCCCCCCCCCCCCCCCCCSCC(COP(=O)(O)CCC[N+](C)(C)C)NC(=O)CCCCCCCCCCCCCCCCC. The number of unbranched alkanes of at least 4 members (excludes halogenated alkanes) is 29. The van der Waals surface area contributed by atoms with Crippen molar-refractivity contribution < 1.29 is 23.3 Å². The zero-order valence-electron chi connectivity index (χ0n) is 36.4. The second-order valence-electron chi connectivity index (χ2n) is 17.4. The molecule has 0 fully saturated rings. The molecule has 0 aliphatic rings. The number of quaternary nitrogens is 1. The summed E-state index contributed by atoms with van der Waals surface area (Å²) in [4.78, 5) is 23.4. The monoisotopic (exact) mass is 790 g/mol. The summed E-state index contributed by atoms with van der Waals surface area (Å²) in [6, 6.07) is -0.233. The number of carbonyl (C=O) groups excluding carboxylic acids is 1. The summed E-state index contributed by atoms with van der Waals surface area (Å²) in [6.07, 6.45) is 43.0. The summed E-state index contributed by atoms with van der Waals surface area (Å²) in [5.74, 6) is 1.83. The predicted octanol–water partition coefficient (Wildman–Crippen LogP) is 14.0. The highest BCUT2D eigenvalue weighted by molar-refractivity contribution is 7.99. The Kier molecular flexibility index (Phi) is 38.7. The van der Waals surface area contributed by atoms with Crippen LogP contribution < -0.4 is 5.32 Å². The topological polar surface area (TPSA) is 75.6 Å². The highest BCUT2D eigenvalue weighted by Gasteiger charge is 2.24. The van der Waals surface area contributed by atoms with Crippen molar-refractivity contribution in [1.82, 2.24) is 5.32 Å². The number of rotatable bonds is 43. The third kappa shape index (κ3) is 42.9. The van der Waals surface area contributed by atoms with Crippen LogP contribution in [0.3, 0.4) is 0 Å². The Bertz CT molecular complexity index is 825. The molecule has 2 atom stereocenters. The first-order valence-corrected chi connectivity index (χ1v) is 26.1. The van der Waals surface area contributed by atoms with E-state index < -0.39 is 7.60 Å². The molecule has 0 spiro atoms. The fourth-order valence-corrected chi connectivity index (χ4v) is 9.20. The van der Waals surface area contributed by atoms with Gasteiger partial charge < -0.3 is 19.2 Å². The van der Waals surface area contributed by atoms with E-state index in [0.717, 1.165) is 35.4 Å². The maximum Gasteiger partial charge on any atom is 0.328 e. The average molecular weight is 790 g/mol. The van der Waals surface area contributed by atoms with E-state index >= 15 is 0 Å². The summed E-state index contributed by atoms with van der Waals surface area (Å²) in [7, 11) is 2.58. The molecule has 0 aliphatic carbocycles. The van der Waals surface area contributed by atoms with Crippen molar-refractivity contribution in [3.8, 4) is 0 Å². The number of carbonyl (C=O) groups is 1. The Hall–Kier alpha value is -0.0700. The van der Waals surface area contributed by atoms with Crippen LogP contribution in [0.5, 0.6) is 0 Å². The highest BCUT2D eigenvalue weighted by Crippen LogP contribution is 2.42. The Labute approximate surface area is 336 Å². The van der Waals surface area contributed by atoms with Crippen molar-refractivity contribution >= 4 is 25.3 Å². The minimum atomic E-state index is -3.68. The summed E-state index contributed by atoms with van der Waals surface area (Å²) in [5.41, 5.74) is 0. The lowest BCUT2D eigenvalue weighted by atomic mass is 10.0. The summed E-state index contributed by atoms with van der Waals surface area (Å²) >= 11 is 1.84. The van der Waals surface area contributed by atoms with E-state index in [1.54, 1.807) is 0 Å². The molecule has 0 heterocycles. The van der Waals surface area contributed by atoms with Crippen molar-refractivity contribution in [2.45, 2.75) is 232 Å². The van der Waals surface area contributed by atoms with Gasteiger partial charge in [0.15, 0.2) is 0 Å². The van der Waals surface area contributed by atoms with Gasteiger partial charge in [0.1, 0.15) is 0 Å². The Morgan fingerprint density at radius 3 is 1.32 bits per heavy atom. The van der Waals surface area contributed by atoms with Crippen LogP contribution in [-0.2, 0) is 13.9 Å². The lowest BCUT2D eigenvalue weighted by molar-refractivity contribution is -0.870. The lowest BCUT2D eigenvalue weighted by Crippen LogP contribution is -2.40. The van der Waals surface area contributed by atoms with E-state index in [1.165, 1.54) is 186 Å². The van der Waals surface area contributed by atoms with Crippen LogP contribution in [0.25, 0.3) is 0 Å². The zero-order chi connectivity index (χ0) is 39.1. The molecule has 0 aromatic rings. The fourth-order valence-electron chi connectivity index (χ4n) is 7.08. The maximum absolute atomic E-state index is 12.9. The van der Waals surface area contributed by atoms with Gasteiger partial charge >= 0.3 is 7.60 Å². The minimum absolute atomic E-state index is 0.0501. The van der Waals surface area contributed by atoms with Crippen molar-refractivity contribution in [2.24, 2.45) is 0 Å². The third-order valence-electron chi connectivity index (χ3n) is 10.6. The molecule has 0 bridgehead atoms. The minimum Gasteiger partial charge on any atom is -0.350 e. The highest BCUT2D eigenvalue weighted by atomic mass is 32.2. The predicted molar refractivity (Wildman–Crippen MR) is 237 cm³/mol. The largest absolute Gasteiger partial charge is 0.350 e. The molecule has 2 N–H and O–H groups in total. The standard InChI is InChI=1S/C45H93N2O4PS/c1-6-8-10-12-14-16-18-20-22-24-26-28-30-32-34-36-41-53-43-44(42-51-52(49,50)40-37-39-47(3,4)5)46-45(48)38-35-33-31-29-27-25-23-21-19-17-15-13-11-9-7-2/h44H,6-43H2,1-5H3,(H-,46,48,49,50)/p+1. The van der Waals surface area contributed by atoms with E-state index in [0.29, 0.717) is 12.8 Å². The van der Waals surface area contributed by atoms with Gasteiger partial charge in [0.05, 0.1) is 46.5 Å². The molecular weight excluding hydrogens is 696 g/mol. The quantitative estimate of drug-likeness (QED) is 0.0366. The van der Waals surface area contributed by atoms with E-state index in [-0.39, 0.29) is 24.7 Å². The average Bonchev–Trinajstić information content (AvgIpc) is 3.11. The van der Waals surface area contributed by atoms with Crippen LogP contribution in [0.2, 0.25) is 0 Å². The normalized spacial score (nSPS) is 13.7. The molecular formula is C45H94N2O4PS+. The number of amides is 1. The van der Waals surface area contributed by atoms with Crippen LogP contribution >= 0.6 is 19.4 Å². The van der Waals surface area contributed by atoms with Crippen LogP contribution in [0.1, 0.15) is 226 Å². The van der Waals surface area contributed by atoms with Gasteiger partial charge in [-0.15, -0.1) is 0 Å². The van der Waals surface area contributed by atoms with E-state index in [4.69, 9.17) is 4.52 Å². The number of nitrogens with zero attached hydrogens (tertiary/aromatic N) is 1. The molecule has 1 amide bonds. The van der Waals surface area contributed by atoms with Gasteiger partial charge in [0.25, 0.3) is 0 Å². The molecule has 0 aromatic heterocycles. The van der Waals surface area contributed by atoms with Gasteiger partial charge in [0, 0.05) is 18.6 Å². The molecule has 0 rings (SSSR count). The van der Waals surface area contributed by atoms with Crippen LogP contribution in [0.4, 0.5) is 0 Å². The van der Waals surface area contributed by atoms with Crippen LogP contribution in [-0.4, -0.2) is 73.3 Å². The van der Waals surface area contributed by atoms with E-state index in [9.17, 15) is 14.3 Å². The fraction of sp³-hybridized carbons (Fsp3) is 0.978. The number of thioether (sulfide) groups is 1. The molecule has 0 radical (unpaired) electrons. The Balaban J connectivity index is 4.17. The number of nitrogens with one attached hydrogen (secondary N) is 1. The molecule has 0 aromatic carbocycles. The number of hydrogen-bond donors (Lipinski definition) is 2. The molecule has 0 saturated heterocycles. The molecule has 0 saturated carbocycles. The third-order valence-corrected chi connectivity index (χ3v) is 13.2. The zero-order valence-corrected chi connectivity index (χ0v) is 38.1. The molecule has 53 heavy (non-hydrogen) atoms. The molecule has 0 aliphatic heterocycles. The summed E-state index contributed by atoms with van der Waals surface area (Å²) < 4.78 is 19.1. The second-order valence-corrected chi connectivity index (χ2v) is 20.5. The van der Waals surface area contributed by atoms with Crippen LogP contribution in [0.15, 0.2) is 0 Å². The van der Waals surface area contributed by atoms with Gasteiger partial charge in [-0.2, -0.15) is 11.8 Å². The van der Waals surface area contributed by atoms with Crippen molar-refractivity contribution in [2.75, 3.05) is 52.0 Å². The first kappa shape index (κ1) is 52.9. The molecule has 2 unspecified atom stereocenters. The summed E-state index contributed by atoms with van der Waals surface area (Å²) in [5, 5.41) is 3.16. The first-order valence-electron chi connectivity index (χ1n) is 23.2. The number of hydrogen-bond acceptors (Lipinski definition) is 4. The van der Waals surface area contributed by atoms with Gasteiger partial charge in [-0.05, 0) is 18.6 Å². The van der Waals surface area contributed by atoms with Crippen molar-refractivity contribution in [1.29, 1.82) is 0 Å². The van der Waals surface area contributed by atoms with Gasteiger partial charge in [-0.1, -0.05) is 200 Å². The Morgan fingerprint density at radius 1 is 0.585 bits per heavy atom. The van der Waals surface area contributed by atoms with Gasteiger partial charge in [-0.25, -0.2) is 0 Å². The van der Waals surface area contributed by atoms with Crippen molar-refractivity contribution in [3.05, 3.63) is 0 Å². The molecule has 6 nitrogen and oxygen atoms in total. The van der Waals surface area contributed by atoms with Crippen molar-refractivity contribution in [3.63, 3.8) is 0 Å². The van der Waals surface area contributed by atoms with E-state index in [2.05, 4.69) is 40.3 Å². The maximum atomic E-state index is 12.9.